The van der Waals surface area contributed by atoms with E-state index in [0.29, 0.717) is 6.54 Å². The standard InChI is InChI=1S/C14H20N2O3S/c1-9(2)12-14(18)16(6-4-11(17)19-3)13(15-12)10-5-7-20-8-10/h5,7-9,12-13,15H,4,6H2,1-3H3. The van der Waals surface area contributed by atoms with E-state index in [4.69, 9.17) is 0 Å². The number of carbonyl (C=O) groups excluding carboxylic acids is 2. The molecule has 1 aliphatic heterocycles. The van der Waals surface area contributed by atoms with Crippen LogP contribution < -0.4 is 5.32 Å². The average Bonchev–Trinajstić information content (AvgIpc) is 3.03. The Morgan fingerprint density at radius 1 is 1.55 bits per heavy atom. The molecule has 20 heavy (non-hydrogen) atoms. The summed E-state index contributed by atoms with van der Waals surface area (Å²) in [6.07, 6.45) is 0.0702. The van der Waals surface area contributed by atoms with Gasteiger partial charge in [-0.1, -0.05) is 13.8 Å². The third kappa shape index (κ3) is 3.02. The highest BCUT2D eigenvalue weighted by Crippen LogP contribution is 2.29. The second-order valence-electron chi connectivity index (χ2n) is 5.21. The Morgan fingerprint density at radius 3 is 2.85 bits per heavy atom. The van der Waals surface area contributed by atoms with E-state index in [9.17, 15) is 9.59 Å². The molecule has 1 N–H and O–H groups in total. The first-order valence-electron chi connectivity index (χ1n) is 6.70. The zero-order chi connectivity index (χ0) is 14.7. The normalized spacial score (nSPS) is 22.6. The van der Waals surface area contributed by atoms with Crippen molar-refractivity contribution in [3.63, 3.8) is 0 Å². The molecule has 1 aromatic rings. The highest BCUT2D eigenvalue weighted by Gasteiger charge is 2.40. The number of carbonyl (C=O) groups is 2. The van der Waals surface area contributed by atoms with Crippen LogP contribution in [-0.4, -0.2) is 36.5 Å². The van der Waals surface area contributed by atoms with Gasteiger partial charge in [0.15, 0.2) is 0 Å². The molecule has 5 nitrogen and oxygen atoms in total. The Hall–Kier alpha value is -1.40. The minimum Gasteiger partial charge on any atom is -0.469 e. The van der Waals surface area contributed by atoms with Crippen LogP contribution in [0.2, 0.25) is 0 Å². The third-order valence-electron chi connectivity index (χ3n) is 3.51. The number of rotatable bonds is 5. The topological polar surface area (TPSA) is 58.6 Å². The average molecular weight is 296 g/mol. The molecule has 2 atom stereocenters. The summed E-state index contributed by atoms with van der Waals surface area (Å²) >= 11 is 1.60. The molecule has 110 valence electrons. The van der Waals surface area contributed by atoms with Crippen molar-refractivity contribution in [3.8, 4) is 0 Å². The molecule has 6 heteroatoms. The molecule has 2 unspecified atom stereocenters. The molecule has 0 bridgehead atoms. The second-order valence-corrected chi connectivity index (χ2v) is 5.99. The van der Waals surface area contributed by atoms with E-state index in [1.54, 1.807) is 16.2 Å². The molecular formula is C14H20N2O3S. The van der Waals surface area contributed by atoms with Crippen LogP contribution in [0.1, 0.15) is 32.0 Å². The predicted molar refractivity (Wildman–Crippen MR) is 77.2 cm³/mol. The zero-order valence-corrected chi connectivity index (χ0v) is 12.8. The van der Waals surface area contributed by atoms with Gasteiger partial charge in [-0.15, -0.1) is 0 Å². The van der Waals surface area contributed by atoms with Crippen LogP contribution in [-0.2, 0) is 14.3 Å². The largest absolute Gasteiger partial charge is 0.469 e. The smallest absolute Gasteiger partial charge is 0.307 e. The van der Waals surface area contributed by atoms with E-state index < -0.39 is 0 Å². The molecule has 2 heterocycles. The Labute approximate surface area is 122 Å². The second kappa shape index (κ2) is 6.37. The van der Waals surface area contributed by atoms with Crippen LogP contribution in [0.15, 0.2) is 16.8 Å². The van der Waals surface area contributed by atoms with Crippen LogP contribution in [0.3, 0.4) is 0 Å². The predicted octanol–water partition coefficient (Wildman–Crippen LogP) is 1.77. The number of nitrogens with zero attached hydrogens (tertiary/aromatic N) is 1. The molecule has 0 aliphatic carbocycles. The summed E-state index contributed by atoms with van der Waals surface area (Å²) < 4.78 is 4.65. The Balaban J connectivity index is 2.15. The Bertz CT molecular complexity index is 473. The van der Waals surface area contributed by atoms with Crippen molar-refractivity contribution in [1.29, 1.82) is 0 Å². The summed E-state index contributed by atoms with van der Waals surface area (Å²) in [6.45, 7) is 4.41. The van der Waals surface area contributed by atoms with Crippen molar-refractivity contribution in [2.24, 2.45) is 5.92 Å². The number of nitrogens with one attached hydrogen (secondary N) is 1. The van der Waals surface area contributed by atoms with Crippen molar-refractivity contribution < 1.29 is 14.3 Å². The third-order valence-corrected chi connectivity index (χ3v) is 4.21. The summed E-state index contributed by atoms with van der Waals surface area (Å²) in [4.78, 5) is 25.5. The van der Waals surface area contributed by atoms with Gasteiger partial charge in [0.05, 0.1) is 19.6 Å². The van der Waals surface area contributed by atoms with Gasteiger partial charge >= 0.3 is 5.97 Å². The van der Waals surface area contributed by atoms with Crippen LogP contribution in [0, 0.1) is 5.92 Å². The van der Waals surface area contributed by atoms with E-state index in [-0.39, 0.29) is 36.4 Å². The first-order valence-corrected chi connectivity index (χ1v) is 7.64. The van der Waals surface area contributed by atoms with Gasteiger partial charge < -0.3 is 9.64 Å². The lowest BCUT2D eigenvalue weighted by molar-refractivity contribution is -0.141. The quantitative estimate of drug-likeness (QED) is 0.841. The van der Waals surface area contributed by atoms with Crippen molar-refractivity contribution in [3.05, 3.63) is 22.4 Å². The fourth-order valence-electron chi connectivity index (χ4n) is 2.37. The fourth-order valence-corrected chi connectivity index (χ4v) is 3.05. The van der Waals surface area contributed by atoms with Crippen LogP contribution >= 0.6 is 11.3 Å². The minimum atomic E-state index is -0.296. The lowest BCUT2D eigenvalue weighted by Gasteiger charge is -2.23. The number of methoxy groups -OCH3 is 1. The molecule has 1 fully saturated rings. The van der Waals surface area contributed by atoms with E-state index in [0.717, 1.165) is 5.56 Å². The molecule has 0 saturated carbocycles. The van der Waals surface area contributed by atoms with E-state index in [1.165, 1.54) is 7.11 Å². The number of hydrogen-bond acceptors (Lipinski definition) is 5. The maximum atomic E-state index is 12.5. The van der Waals surface area contributed by atoms with Gasteiger partial charge in [-0.05, 0) is 28.3 Å². The number of thiophene rings is 1. The number of amides is 1. The molecule has 0 spiro atoms. The fraction of sp³-hybridized carbons (Fsp3) is 0.571. The van der Waals surface area contributed by atoms with Gasteiger partial charge in [-0.3, -0.25) is 14.9 Å². The molecule has 1 amide bonds. The summed E-state index contributed by atoms with van der Waals surface area (Å²) in [7, 11) is 1.36. The van der Waals surface area contributed by atoms with Gasteiger partial charge in [-0.25, -0.2) is 0 Å². The molecule has 0 radical (unpaired) electrons. The van der Waals surface area contributed by atoms with Gasteiger partial charge in [0, 0.05) is 6.54 Å². The van der Waals surface area contributed by atoms with Crippen LogP contribution in [0.25, 0.3) is 0 Å². The van der Waals surface area contributed by atoms with Crippen LogP contribution in [0.4, 0.5) is 0 Å². The van der Waals surface area contributed by atoms with Gasteiger partial charge in [0.1, 0.15) is 6.17 Å². The molecular weight excluding hydrogens is 276 g/mol. The lowest BCUT2D eigenvalue weighted by Crippen LogP contribution is -2.35. The first-order chi connectivity index (χ1) is 9.54. The molecule has 0 aromatic carbocycles. The van der Waals surface area contributed by atoms with Gasteiger partial charge in [0.2, 0.25) is 5.91 Å². The van der Waals surface area contributed by atoms with Crippen molar-refractivity contribution in [1.82, 2.24) is 10.2 Å². The Morgan fingerprint density at radius 2 is 2.30 bits per heavy atom. The van der Waals surface area contributed by atoms with Crippen molar-refractivity contribution in [2.75, 3.05) is 13.7 Å². The molecule has 1 saturated heterocycles. The highest BCUT2D eigenvalue weighted by molar-refractivity contribution is 7.07. The maximum Gasteiger partial charge on any atom is 0.307 e. The van der Waals surface area contributed by atoms with Crippen molar-refractivity contribution >= 4 is 23.2 Å². The summed E-state index contributed by atoms with van der Waals surface area (Å²) in [5.74, 6) is -0.0262. The summed E-state index contributed by atoms with van der Waals surface area (Å²) in [6, 6.07) is 1.81. The van der Waals surface area contributed by atoms with E-state index >= 15 is 0 Å². The SMILES string of the molecule is COC(=O)CCN1C(=O)C(C(C)C)NC1c1ccsc1. The summed E-state index contributed by atoms with van der Waals surface area (Å²) in [5, 5.41) is 7.38. The zero-order valence-electron chi connectivity index (χ0n) is 12.0. The lowest BCUT2D eigenvalue weighted by atomic mass is 10.1. The number of ether oxygens (including phenoxy) is 1. The molecule has 1 aromatic heterocycles. The monoisotopic (exact) mass is 296 g/mol. The number of hydrogen-bond donors (Lipinski definition) is 1. The number of esters is 1. The first kappa shape index (κ1) is 15.0. The maximum absolute atomic E-state index is 12.5. The minimum absolute atomic E-state index is 0.0557. The summed E-state index contributed by atoms with van der Waals surface area (Å²) in [5.41, 5.74) is 1.07. The molecule has 2 rings (SSSR count). The van der Waals surface area contributed by atoms with Crippen LogP contribution in [0.5, 0.6) is 0 Å². The van der Waals surface area contributed by atoms with Crippen molar-refractivity contribution in [2.45, 2.75) is 32.5 Å². The van der Waals surface area contributed by atoms with Gasteiger partial charge in [-0.2, -0.15) is 11.3 Å². The van der Waals surface area contributed by atoms with E-state index in [1.807, 2.05) is 30.7 Å². The highest BCUT2D eigenvalue weighted by atomic mass is 32.1. The Kier molecular flexibility index (Phi) is 4.77. The van der Waals surface area contributed by atoms with Gasteiger partial charge in [0.25, 0.3) is 0 Å². The molecule has 1 aliphatic rings. The van der Waals surface area contributed by atoms with E-state index in [2.05, 4.69) is 10.1 Å².